The van der Waals surface area contributed by atoms with Gasteiger partial charge in [0.15, 0.2) is 5.01 Å². The minimum absolute atomic E-state index is 0.0755. The number of nitrogens with two attached hydrogens (primary N) is 1. The molecular weight excluding hydrogens is 267 g/mol. The largest absolute Gasteiger partial charge is 0.443 e. The third-order valence-electron chi connectivity index (χ3n) is 2.95. The first-order valence-corrected chi connectivity index (χ1v) is 6.34. The van der Waals surface area contributed by atoms with Crippen LogP contribution >= 0.6 is 11.3 Å². The Morgan fingerprint density at radius 2 is 2.33 bits per heavy atom. The highest BCUT2D eigenvalue weighted by Crippen LogP contribution is 2.38. The SMILES string of the molecule is CC1CC(C(NN)c2cnc(C(F)(F)F)s2)CO1. The van der Waals surface area contributed by atoms with E-state index in [4.69, 9.17) is 10.6 Å². The summed E-state index contributed by atoms with van der Waals surface area (Å²) in [6.45, 7) is 2.43. The Labute approximate surface area is 106 Å². The molecule has 1 aliphatic rings. The molecule has 0 saturated carbocycles. The van der Waals surface area contributed by atoms with E-state index in [-0.39, 0.29) is 18.1 Å². The number of halogens is 3. The van der Waals surface area contributed by atoms with E-state index in [1.807, 2.05) is 6.92 Å². The Balaban J connectivity index is 2.15. The lowest BCUT2D eigenvalue weighted by Crippen LogP contribution is -2.33. The molecule has 18 heavy (non-hydrogen) atoms. The molecule has 1 aliphatic heterocycles. The van der Waals surface area contributed by atoms with E-state index in [0.29, 0.717) is 22.8 Å². The third kappa shape index (κ3) is 2.82. The predicted molar refractivity (Wildman–Crippen MR) is 60.7 cm³/mol. The maximum Gasteiger partial charge on any atom is 0.443 e. The van der Waals surface area contributed by atoms with Crippen LogP contribution in [0, 0.1) is 5.92 Å². The number of hydrogen-bond acceptors (Lipinski definition) is 5. The van der Waals surface area contributed by atoms with Crippen molar-refractivity contribution in [3.8, 4) is 0 Å². The van der Waals surface area contributed by atoms with Gasteiger partial charge in [0.05, 0.1) is 18.8 Å². The summed E-state index contributed by atoms with van der Waals surface area (Å²) in [6, 6.07) is -0.344. The summed E-state index contributed by atoms with van der Waals surface area (Å²) >= 11 is 0.626. The molecule has 0 amide bonds. The van der Waals surface area contributed by atoms with Crippen LogP contribution in [-0.4, -0.2) is 17.7 Å². The van der Waals surface area contributed by atoms with Crippen LogP contribution in [0.1, 0.15) is 29.3 Å². The van der Waals surface area contributed by atoms with Gasteiger partial charge in [0.25, 0.3) is 0 Å². The van der Waals surface area contributed by atoms with Crippen molar-refractivity contribution in [1.82, 2.24) is 10.4 Å². The van der Waals surface area contributed by atoms with Gasteiger partial charge in [-0.3, -0.25) is 11.3 Å². The molecule has 0 radical (unpaired) electrons. The van der Waals surface area contributed by atoms with E-state index in [1.165, 1.54) is 6.20 Å². The molecule has 0 aliphatic carbocycles. The molecular formula is C10H14F3N3OS. The summed E-state index contributed by atoms with van der Waals surface area (Å²) in [5, 5.41) is -0.843. The highest BCUT2D eigenvalue weighted by molar-refractivity contribution is 7.11. The average Bonchev–Trinajstić information content (AvgIpc) is 2.88. The molecule has 0 aromatic carbocycles. The van der Waals surface area contributed by atoms with Gasteiger partial charge in [-0.15, -0.1) is 11.3 Å². The molecule has 1 fully saturated rings. The number of rotatable bonds is 3. The smallest absolute Gasteiger partial charge is 0.378 e. The van der Waals surface area contributed by atoms with E-state index in [0.717, 1.165) is 6.42 Å². The zero-order valence-corrected chi connectivity index (χ0v) is 10.5. The molecule has 0 spiro atoms. The lowest BCUT2D eigenvalue weighted by atomic mass is 9.97. The van der Waals surface area contributed by atoms with Gasteiger partial charge >= 0.3 is 6.18 Å². The van der Waals surface area contributed by atoms with E-state index in [9.17, 15) is 13.2 Å². The molecule has 3 N–H and O–H groups in total. The van der Waals surface area contributed by atoms with Crippen LogP contribution < -0.4 is 11.3 Å². The normalized spacial score (nSPS) is 26.5. The Bertz CT molecular complexity index is 409. The quantitative estimate of drug-likeness (QED) is 0.658. The second-order valence-corrected chi connectivity index (χ2v) is 5.41. The minimum atomic E-state index is -4.40. The summed E-state index contributed by atoms with van der Waals surface area (Å²) in [6.07, 6.45) is -2.28. The van der Waals surface area contributed by atoms with Gasteiger partial charge in [-0.25, -0.2) is 4.98 Å². The van der Waals surface area contributed by atoms with Crippen LogP contribution in [0.5, 0.6) is 0 Å². The number of thiazole rings is 1. The molecule has 1 aromatic rings. The topological polar surface area (TPSA) is 60.2 Å². The van der Waals surface area contributed by atoms with Crippen molar-refractivity contribution in [3.05, 3.63) is 16.1 Å². The summed E-state index contributed by atoms with van der Waals surface area (Å²) in [7, 11) is 0. The summed E-state index contributed by atoms with van der Waals surface area (Å²) < 4.78 is 42.8. The van der Waals surface area contributed by atoms with Crippen molar-refractivity contribution in [3.63, 3.8) is 0 Å². The van der Waals surface area contributed by atoms with Gasteiger partial charge < -0.3 is 4.74 Å². The van der Waals surface area contributed by atoms with Crippen LogP contribution in [0.4, 0.5) is 13.2 Å². The molecule has 0 bridgehead atoms. The van der Waals surface area contributed by atoms with Gasteiger partial charge in [-0.2, -0.15) is 13.2 Å². The van der Waals surface area contributed by atoms with E-state index >= 15 is 0 Å². The number of alkyl halides is 3. The first-order chi connectivity index (χ1) is 8.41. The Morgan fingerprint density at radius 3 is 2.78 bits per heavy atom. The number of hydrazine groups is 1. The molecule has 3 unspecified atom stereocenters. The first kappa shape index (κ1) is 13.7. The van der Waals surface area contributed by atoms with Crippen molar-refractivity contribution in [1.29, 1.82) is 0 Å². The maximum atomic E-state index is 12.5. The maximum absolute atomic E-state index is 12.5. The second-order valence-electron chi connectivity index (χ2n) is 4.35. The summed E-state index contributed by atoms with van der Waals surface area (Å²) in [5.74, 6) is 5.52. The van der Waals surface area contributed by atoms with Crippen LogP contribution in [0.15, 0.2) is 6.20 Å². The molecule has 1 aromatic heterocycles. The number of hydrogen-bond donors (Lipinski definition) is 2. The average molecular weight is 281 g/mol. The molecule has 102 valence electrons. The zero-order valence-electron chi connectivity index (χ0n) is 9.70. The fraction of sp³-hybridized carbons (Fsp3) is 0.700. The Hall–Kier alpha value is -0.700. The van der Waals surface area contributed by atoms with Crippen LogP contribution in [-0.2, 0) is 10.9 Å². The number of nitrogens with zero attached hydrogens (tertiary/aromatic N) is 1. The minimum Gasteiger partial charge on any atom is -0.378 e. The molecule has 4 nitrogen and oxygen atoms in total. The number of ether oxygens (including phenoxy) is 1. The molecule has 1 saturated heterocycles. The second kappa shape index (κ2) is 5.12. The summed E-state index contributed by atoms with van der Waals surface area (Å²) in [4.78, 5) is 3.90. The monoisotopic (exact) mass is 281 g/mol. The van der Waals surface area contributed by atoms with Crippen molar-refractivity contribution in [2.24, 2.45) is 11.8 Å². The highest BCUT2D eigenvalue weighted by atomic mass is 32.1. The number of aromatic nitrogens is 1. The van der Waals surface area contributed by atoms with Crippen LogP contribution in [0.2, 0.25) is 0 Å². The molecule has 3 atom stereocenters. The van der Waals surface area contributed by atoms with Gasteiger partial charge in [-0.05, 0) is 13.3 Å². The van der Waals surface area contributed by atoms with Crippen molar-refractivity contribution in [2.45, 2.75) is 31.7 Å². The van der Waals surface area contributed by atoms with Crippen molar-refractivity contribution >= 4 is 11.3 Å². The Kier molecular flexibility index (Phi) is 3.90. The fourth-order valence-electron chi connectivity index (χ4n) is 2.09. The molecule has 2 rings (SSSR count). The highest BCUT2D eigenvalue weighted by Gasteiger charge is 2.37. The lowest BCUT2D eigenvalue weighted by molar-refractivity contribution is -0.137. The van der Waals surface area contributed by atoms with E-state index < -0.39 is 11.2 Å². The zero-order chi connectivity index (χ0) is 13.3. The van der Waals surface area contributed by atoms with Crippen LogP contribution in [0.3, 0.4) is 0 Å². The molecule has 8 heteroatoms. The van der Waals surface area contributed by atoms with Crippen molar-refractivity contribution in [2.75, 3.05) is 6.61 Å². The van der Waals surface area contributed by atoms with Gasteiger partial charge in [0.1, 0.15) is 0 Å². The van der Waals surface area contributed by atoms with Crippen molar-refractivity contribution < 1.29 is 17.9 Å². The summed E-state index contributed by atoms with van der Waals surface area (Å²) in [5.41, 5.74) is 2.57. The van der Waals surface area contributed by atoms with Gasteiger partial charge in [0.2, 0.25) is 0 Å². The Morgan fingerprint density at radius 1 is 1.61 bits per heavy atom. The molecule has 2 heterocycles. The number of nitrogens with one attached hydrogen (secondary N) is 1. The third-order valence-corrected chi connectivity index (χ3v) is 4.08. The van der Waals surface area contributed by atoms with E-state index in [1.54, 1.807) is 0 Å². The van der Waals surface area contributed by atoms with Gasteiger partial charge in [-0.1, -0.05) is 0 Å². The van der Waals surface area contributed by atoms with E-state index in [2.05, 4.69) is 10.4 Å². The lowest BCUT2D eigenvalue weighted by Gasteiger charge is -2.19. The first-order valence-electron chi connectivity index (χ1n) is 5.52. The predicted octanol–water partition coefficient (Wildman–Crippen LogP) is 2.09. The fourth-order valence-corrected chi connectivity index (χ4v) is 3.03. The van der Waals surface area contributed by atoms with Crippen LogP contribution in [0.25, 0.3) is 0 Å². The van der Waals surface area contributed by atoms with Gasteiger partial charge in [0, 0.05) is 17.0 Å². The standard InChI is InChI=1S/C10H14F3N3OS/c1-5-2-6(4-17-5)8(16-14)7-3-15-9(18-7)10(11,12)13/h3,5-6,8,16H,2,4,14H2,1H3.